The van der Waals surface area contributed by atoms with Crippen molar-refractivity contribution in [2.24, 2.45) is 5.73 Å². The average molecular weight is 349 g/mol. The Hall–Kier alpha value is -2.05. The van der Waals surface area contributed by atoms with Gasteiger partial charge < -0.3 is 5.73 Å². The first-order chi connectivity index (χ1) is 10.0. The van der Waals surface area contributed by atoms with Gasteiger partial charge in [0.05, 0.1) is 16.8 Å². The highest BCUT2D eigenvalue weighted by Crippen LogP contribution is 2.32. The number of hydrogen-bond donors (Lipinski definition) is 1. The second kappa shape index (κ2) is 5.05. The quantitative estimate of drug-likeness (QED) is 0.848. The van der Waals surface area contributed by atoms with Gasteiger partial charge in [-0.05, 0) is 42.0 Å². The average Bonchev–Trinajstić information content (AvgIpc) is 2.71. The molecule has 1 aliphatic rings. The lowest BCUT2D eigenvalue weighted by molar-refractivity contribution is 0.0926. The summed E-state index contributed by atoms with van der Waals surface area (Å²) in [6.07, 6.45) is 0. The minimum absolute atomic E-state index is 0.0319. The molecule has 0 atom stereocenters. The first kappa shape index (κ1) is 13.9. The normalized spacial score (nSPS) is 13.8. The van der Waals surface area contributed by atoms with Crippen LogP contribution in [0, 0.1) is 5.82 Å². The van der Waals surface area contributed by atoms with E-state index in [1.165, 1.54) is 18.2 Å². The van der Waals surface area contributed by atoms with Crippen LogP contribution in [-0.4, -0.2) is 11.8 Å². The molecule has 0 radical (unpaired) electrons. The van der Waals surface area contributed by atoms with E-state index >= 15 is 0 Å². The van der Waals surface area contributed by atoms with Crippen molar-refractivity contribution in [2.75, 3.05) is 4.90 Å². The molecular formula is C15H10BrFN2O2. The number of hydrogen-bond acceptors (Lipinski definition) is 3. The van der Waals surface area contributed by atoms with Crippen LogP contribution in [0.25, 0.3) is 0 Å². The summed E-state index contributed by atoms with van der Waals surface area (Å²) in [6, 6.07) is 8.71. The molecule has 0 unspecified atom stereocenters. The number of benzene rings is 2. The largest absolute Gasteiger partial charge is 0.326 e. The van der Waals surface area contributed by atoms with Crippen molar-refractivity contribution < 1.29 is 14.0 Å². The van der Waals surface area contributed by atoms with Crippen LogP contribution in [0.1, 0.15) is 26.3 Å². The summed E-state index contributed by atoms with van der Waals surface area (Å²) in [5.41, 5.74) is 6.96. The van der Waals surface area contributed by atoms with Crippen molar-refractivity contribution in [1.29, 1.82) is 0 Å². The molecule has 0 spiro atoms. The molecule has 0 aromatic heterocycles. The van der Waals surface area contributed by atoms with Crippen LogP contribution in [-0.2, 0) is 6.54 Å². The monoisotopic (exact) mass is 348 g/mol. The minimum Gasteiger partial charge on any atom is -0.326 e. The molecule has 0 fully saturated rings. The number of anilines is 1. The van der Waals surface area contributed by atoms with E-state index in [1.807, 2.05) is 0 Å². The molecule has 2 amide bonds. The van der Waals surface area contributed by atoms with E-state index < -0.39 is 17.6 Å². The molecule has 1 heterocycles. The number of rotatable bonds is 2. The zero-order chi connectivity index (χ0) is 15.1. The number of nitrogens with zero attached hydrogens (tertiary/aromatic N) is 1. The Morgan fingerprint density at radius 3 is 2.48 bits per heavy atom. The highest BCUT2D eigenvalue weighted by molar-refractivity contribution is 9.10. The molecule has 0 saturated carbocycles. The Labute approximate surface area is 128 Å². The van der Waals surface area contributed by atoms with Gasteiger partial charge >= 0.3 is 0 Å². The Morgan fingerprint density at radius 2 is 1.76 bits per heavy atom. The molecule has 21 heavy (non-hydrogen) atoms. The Kier molecular flexibility index (Phi) is 3.35. The number of carbonyl (C=O) groups excluding carboxylic acids is 2. The van der Waals surface area contributed by atoms with Crippen LogP contribution < -0.4 is 10.6 Å². The number of nitrogens with two attached hydrogens (primary N) is 1. The van der Waals surface area contributed by atoms with E-state index in [0.717, 1.165) is 4.90 Å². The second-order valence-electron chi connectivity index (χ2n) is 4.61. The van der Waals surface area contributed by atoms with Gasteiger partial charge in [0.2, 0.25) is 0 Å². The topological polar surface area (TPSA) is 63.4 Å². The molecule has 6 heteroatoms. The predicted molar refractivity (Wildman–Crippen MR) is 79.6 cm³/mol. The number of imide groups is 1. The lowest BCUT2D eigenvalue weighted by Gasteiger charge is -2.17. The Bertz CT molecular complexity index is 776. The molecule has 2 aromatic rings. The fourth-order valence-electron chi connectivity index (χ4n) is 2.37. The van der Waals surface area contributed by atoms with Gasteiger partial charge in [-0.2, -0.15) is 0 Å². The summed E-state index contributed by atoms with van der Waals surface area (Å²) < 4.78 is 14.0. The van der Waals surface area contributed by atoms with Gasteiger partial charge in [-0.25, -0.2) is 9.29 Å². The van der Waals surface area contributed by atoms with Crippen molar-refractivity contribution in [3.63, 3.8) is 0 Å². The summed E-state index contributed by atoms with van der Waals surface area (Å²) in [7, 11) is 0. The zero-order valence-corrected chi connectivity index (χ0v) is 12.4. The molecule has 3 rings (SSSR count). The third-order valence-corrected chi connectivity index (χ3v) is 3.84. The third kappa shape index (κ3) is 2.16. The Balaban J connectivity index is 2.14. The van der Waals surface area contributed by atoms with E-state index in [2.05, 4.69) is 15.9 Å². The molecule has 0 aliphatic carbocycles. The number of fused-ring (bicyclic) bond motifs is 1. The molecule has 0 saturated heterocycles. The van der Waals surface area contributed by atoms with Gasteiger partial charge in [0.15, 0.2) is 0 Å². The van der Waals surface area contributed by atoms with Crippen LogP contribution in [0.3, 0.4) is 0 Å². The molecular weight excluding hydrogens is 339 g/mol. The van der Waals surface area contributed by atoms with E-state index in [-0.39, 0.29) is 6.54 Å². The van der Waals surface area contributed by atoms with Gasteiger partial charge in [0, 0.05) is 11.0 Å². The second-order valence-corrected chi connectivity index (χ2v) is 5.53. The van der Waals surface area contributed by atoms with Crippen molar-refractivity contribution in [3.8, 4) is 0 Å². The van der Waals surface area contributed by atoms with Crippen molar-refractivity contribution in [1.82, 2.24) is 0 Å². The molecule has 106 valence electrons. The van der Waals surface area contributed by atoms with Gasteiger partial charge in [0.25, 0.3) is 11.8 Å². The predicted octanol–water partition coefficient (Wildman–Crippen LogP) is 2.85. The molecule has 4 nitrogen and oxygen atoms in total. The first-order valence-electron chi connectivity index (χ1n) is 6.19. The molecule has 0 bridgehead atoms. The smallest absolute Gasteiger partial charge is 0.266 e. The lowest BCUT2D eigenvalue weighted by atomic mass is 10.1. The summed E-state index contributed by atoms with van der Waals surface area (Å²) in [5.74, 6) is -1.32. The SMILES string of the molecule is NCc1cc(F)ccc1N1C(=O)c2ccc(Br)cc2C1=O. The standard InChI is InChI=1S/C15H10BrFN2O2/c16-9-1-3-11-12(6-9)15(21)19(14(11)20)13-4-2-10(17)5-8(13)7-18/h1-6H,7,18H2. The van der Waals surface area contributed by atoms with Gasteiger partial charge in [-0.15, -0.1) is 0 Å². The molecule has 2 N–H and O–H groups in total. The molecule has 1 aliphatic heterocycles. The zero-order valence-electron chi connectivity index (χ0n) is 10.8. The van der Waals surface area contributed by atoms with Crippen molar-refractivity contribution >= 4 is 33.4 Å². The van der Waals surface area contributed by atoms with Crippen LogP contribution in [0.2, 0.25) is 0 Å². The van der Waals surface area contributed by atoms with Gasteiger partial charge in [-0.1, -0.05) is 15.9 Å². The Morgan fingerprint density at radius 1 is 1.05 bits per heavy atom. The minimum atomic E-state index is -0.460. The third-order valence-electron chi connectivity index (χ3n) is 3.35. The fraction of sp³-hybridized carbons (Fsp3) is 0.0667. The number of halogens is 2. The summed E-state index contributed by atoms with van der Waals surface area (Å²) >= 11 is 3.27. The van der Waals surface area contributed by atoms with Crippen molar-refractivity contribution in [3.05, 3.63) is 63.4 Å². The van der Waals surface area contributed by atoms with Gasteiger partial charge in [0.1, 0.15) is 5.82 Å². The number of amides is 2. The van der Waals surface area contributed by atoms with Crippen LogP contribution in [0.4, 0.5) is 10.1 Å². The lowest BCUT2D eigenvalue weighted by Crippen LogP contribution is -2.30. The van der Waals surface area contributed by atoms with E-state index in [4.69, 9.17) is 5.73 Å². The fourth-order valence-corrected chi connectivity index (χ4v) is 2.73. The highest BCUT2D eigenvalue weighted by Gasteiger charge is 2.37. The van der Waals surface area contributed by atoms with Gasteiger partial charge in [-0.3, -0.25) is 9.59 Å². The van der Waals surface area contributed by atoms with E-state index in [1.54, 1.807) is 18.2 Å². The van der Waals surface area contributed by atoms with E-state index in [9.17, 15) is 14.0 Å². The maximum Gasteiger partial charge on any atom is 0.266 e. The summed E-state index contributed by atoms with van der Waals surface area (Å²) in [4.78, 5) is 25.9. The van der Waals surface area contributed by atoms with Crippen molar-refractivity contribution in [2.45, 2.75) is 6.54 Å². The number of carbonyl (C=O) groups is 2. The van der Waals surface area contributed by atoms with Crippen LogP contribution in [0.5, 0.6) is 0 Å². The van der Waals surface area contributed by atoms with Crippen LogP contribution >= 0.6 is 15.9 Å². The maximum atomic E-state index is 13.3. The summed E-state index contributed by atoms with van der Waals surface area (Å²) in [5, 5.41) is 0. The highest BCUT2D eigenvalue weighted by atomic mass is 79.9. The summed E-state index contributed by atoms with van der Waals surface area (Å²) in [6.45, 7) is 0.0319. The first-order valence-corrected chi connectivity index (χ1v) is 6.99. The maximum absolute atomic E-state index is 13.3. The molecule has 2 aromatic carbocycles. The van der Waals surface area contributed by atoms with Crippen LogP contribution in [0.15, 0.2) is 40.9 Å². The van der Waals surface area contributed by atoms with E-state index in [0.29, 0.717) is 26.9 Å².